The highest BCUT2D eigenvalue weighted by Gasteiger charge is 2.25. The van der Waals surface area contributed by atoms with Gasteiger partial charge < -0.3 is 15.0 Å². The van der Waals surface area contributed by atoms with E-state index in [1.54, 1.807) is 7.11 Å². The highest BCUT2D eigenvalue weighted by Crippen LogP contribution is 2.38. The smallest absolute Gasteiger partial charge is 0.354 e. The molecule has 1 unspecified atom stereocenters. The van der Waals surface area contributed by atoms with Gasteiger partial charge in [-0.25, -0.2) is 14.1 Å². The van der Waals surface area contributed by atoms with Crippen LogP contribution in [-0.2, 0) is 47.9 Å². The predicted octanol–water partition coefficient (Wildman–Crippen LogP) is 3.81. The van der Waals surface area contributed by atoms with Crippen LogP contribution in [0.1, 0.15) is 46.2 Å². The third-order valence-corrected chi connectivity index (χ3v) is 7.35. The van der Waals surface area contributed by atoms with Crippen molar-refractivity contribution in [3.05, 3.63) is 57.6 Å². The zero-order valence-corrected chi connectivity index (χ0v) is 19.9. The summed E-state index contributed by atoms with van der Waals surface area (Å²) in [4.78, 5) is 14.8. The molecule has 0 bridgehead atoms. The van der Waals surface area contributed by atoms with E-state index in [-0.39, 0.29) is 5.75 Å². The molecule has 2 amide bonds. The number of nitrogens with one attached hydrogen (secondary N) is 1. The molecule has 8 heteroatoms. The number of benzene rings is 2. The maximum Gasteiger partial charge on any atom is 0.354 e. The zero-order valence-electron chi connectivity index (χ0n) is 19.1. The van der Waals surface area contributed by atoms with Crippen LogP contribution < -0.4 is 15.2 Å². The second-order valence-electron chi connectivity index (χ2n) is 8.97. The quantitative estimate of drug-likeness (QED) is 0.691. The first-order chi connectivity index (χ1) is 15.3. The van der Waals surface area contributed by atoms with E-state index in [0.29, 0.717) is 11.3 Å². The van der Waals surface area contributed by atoms with E-state index in [1.165, 1.54) is 22.3 Å². The summed E-state index contributed by atoms with van der Waals surface area (Å²) in [5, 5.41) is 8.95. The van der Waals surface area contributed by atoms with Crippen LogP contribution in [-0.4, -0.2) is 36.3 Å². The minimum Gasteiger partial charge on any atom is -0.496 e. The van der Waals surface area contributed by atoms with E-state index in [2.05, 4.69) is 20.6 Å². The van der Waals surface area contributed by atoms with Crippen LogP contribution in [0.5, 0.6) is 5.75 Å². The first-order valence-electron chi connectivity index (χ1n) is 11.1. The molecule has 0 heterocycles. The topological polar surface area (TPSA) is 97.0 Å². The Morgan fingerprint density at radius 2 is 1.78 bits per heavy atom. The van der Waals surface area contributed by atoms with Crippen molar-refractivity contribution in [1.82, 2.24) is 4.90 Å². The van der Waals surface area contributed by atoms with Crippen molar-refractivity contribution in [2.24, 2.45) is 9.50 Å². The number of urea groups is 1. The molecule has 2 aromatic rings. The van der Waals surface area contributed by atoms with Crippen LogP contribution in [0, 0.1) is 0 Å². The number of fused-ring (bicyclic) bond motifs is 2. The van der Waals surface area contributed by atoms with Crippen molar-refractivity contribution in [3.63, 3.8) is 0 Å². The fourth-order valence-electron chi connectivity index (χ4n) is 4.86. The molecule has 7 nitrogen and oxygen atoms in total. The van der Waals surface area contributed by atoms with Crippen LogP contribution in [0.3, 0.4) is 0 Å². The monoisotopic (exact) mass is 456 g/mol. The fourth-order valence-corrected chi connectivity index (χ4v) is 5.94. The van der Waals surface area contributed by atoms with E-state index in [9.17, 15) is 9.00 Å². The number of aryl methyl sites for hydroxylation is 2. The van der Waals surface area contributed by atoms with Crippen molar-refractivity contribution >= 4 is 21.6 Å². The highest BCUT2D eigenvalue weighted by atomic mass is 32.2. The molecule has 0 saturated heterocycles. The molecule has 2 aliphatic carbocycles. The summed E-state index contributed by atoms with van der Waals surface area (Å²) in [6, 6.07) is 7.35. The Morgan fingerprint density at radius 3 is 2.38 bits per heavy atom. The molecule has 32 heavy (non-hydrogen) atoms. The van der Waals surface area contributed by atoms with E-state index in [4.69, 9.17) is 9.88 Å². The summed E-state index contributed by atoms with van der Waals surface area (Å²) >= 11 is 0. The Labute approximate surface area is 190 Å². The normalized spacial score (nSPS) is 16.4. The average molecular weight is 457 g/mol. The molecule has 0 spiro atoms. The Balaban J connectivity index is 1.56. The first kappa shape index (κ1) is 22.8. The molecule has 1 atom stereocenters. The van der Waals surface area contributed by atoms with Gasteiger partial charge in [0.25, 0.3) is 0 Å². The number of hydrogen-bond donors (Lipinski definition) is 2. The number of amides is 2. The maximum atomic E-state index is 13.0. The summed E-state index contributed by atoms with van der Waals surface area (Å²) in [7, 11) is 2.26. The number of nitrogens with zero attached hydrogens (tertiary/aromatic N) is 2. The molecule has 2 aliphatic rings. The van der Waals surface area contributed by atoms with Gasteiger partial charge in [0.15, 0.2) is 0 Å². The van der Waals surface area contributed by atoms with Crippen molar-refractivity contribution in [1.29, 1.82) is 0 Å². The molecule has 0 saturated carbocycles. The summed E-state index contributed by atoms with van der Waals surface area (Å²) in [6.45, 7) is 0.757. The van der Waals surface area contributed by atoms with Crippen molar-refractivity contribution in [2.45, 2.75) is 50.8 Å². The largest absolute Gasteiger partial charge is 0.496 e. The number of hydrogen-bond acceptors (Lipinski definition) is 4. The van der Waals surface area contributed by atoms with Crippen LogP contribution in [0.25, 0.3) is 0 Å². The molecule has 0 aliphatic heterocycles. The van der Waals surface area contributed by atoms with E-state index < -0.39 is 15.9 Å². The lowest BCUT2D eigenvalue weighted by atomic mass is 9.99. The SMILES string of the molecule is COc1cc(CN(C)C)ccc1CS(N)(=O)=NC(=O)Nc1c2c(cc3c1CCC3)CCC2. The van der Waals surface area contributed by atoms with Crippen molar-refractivity contribution in [3.8, 4) is 5.75 Å². The van der Waals surface area contributed by atoms with E-state index in [1.807, 2.05) is 32.3 Å². The van der Waals surface area contributed by atoms with Gasteiger partial charge in [0.1, 0.15) is 15.7 Å². The van der Waals surface area contributed by atoms with Crippen molar-refractivity contribution in [2.75, 3.05) is 26.5 Å². The van der Waals surface area contributed by atoms with Gasteiger partial charge >= 0.3 is 6.03 Å². The van der Waals surface area contributed by atoms with Crippen molar-refractivity contribution < 1.29 is 13.7 Å². The van der Waals surface area contributed by atoms with Gasteiger partial charge in [0, 0.05) is 17.8 Å². The second-order valence-corrected chi connectivity index (χ2v) is 10.8. The Kier molecular flexibility index (Phi) is 6.55. The van der Waals surface area contributed by atoms with Gasteiger partial charge in [0.05, 0.1) is 12.9 Å². The molecule has 0 aromatic heterocycles. The van der Waals surface area contributed by atoms with Crippen LogP contribution in [0.4, 0.5) is 10.5 Å². The van der Waals surface area contributed by atoms with E-state index >= 15 is 0 Å². The molecular formula is C24H32N4O3S. The summed E-state index contributed by atoms with van der Waals surface area (Å²) in [5.41, 5.74) is 7.66. The highest BCUT2D eigenvalue weighted by molar-refractivity contribution is 7.90. The van der Waals surface area contributed by atoms with Crippen LogP contribution in [0.2, 0.25) is 0 Å². The van der Waals surface area contributed by atoms with Gasteiger partial charge in [-0.05, 0) is 86.5 Å². The fraction of sp³-hybridized carbons (Fsp3) is 0.458. The average Bonchev–Trinajstić information content (AvgIpc) is 3.37. The zero-order chi connectivity index (χ0) is 22.9. The van der Waals surface area contributed by atoms with Gasteiger partial charge in [0.2, 0.25) is 0 Å². The summed E-state index contributed by atoms with van der Waals surface area (Å²) < 4.78 is 22.4. The lowest BCUT2D eigenvalue weighted by molar-refractivity contribution is 0.260. The lowest BCUT2D eigenvalue weighted by Crippen LogP contribution is -2.20. The lowest BCUT2D eigenvalue weighted by Gasteiger charge is -2.16. The van der Waals surface area contributed by atoms with Crippen LogP contribution in [0.15, 0.2) is 28.6 Å². The van der Waals surface area contributed by atoms with E-state index in [0.717, 1.165) is 56.3 Å². The third-order valence-electron chi connectivity index (χ3n) is 6.16. The molecule has 3 N–H and O–H groups in total. The first-order valence-corrected chi connectivity index (χ1v) is 12.8. The number of carbonyl (C=O) groups is 1. The number of ether oxygens (including phenoxy) is 1. The minimum atomic E-state index is -3.28. The third kappa shape index (κ3) is 4.98. The molecule has 172 valence electrons. The summed E-state index contributed by atoms with van der Waals surface area (Å²) in [6.07, 6.45) is 6.17. The number of carbonyl (C=O) groups excluding carboxylic acids is 1. The maximum absolute atomic E-state index is 13.0. The molecule has 4 rings (SSSR count). The second kappa shape index (κ2) is 9.21. The Bertz CT molecular complexity index is 1130. The number of rotatable bonds is 6. The van der Waals surface area contributed by atoms with Gasteiger partial charge in [-0.15, -0.1) is 4.36 Å². The predicted molar refractivity (Wildman–Crippen MR) is 128 cm³/mol. The standard InChI is InChI=1S/C24H32N4O3S/c1-28(2)14-16-10-11-19(22(12-16)31-3)15-32(25,30)27-24(29)26-23-20-8-4-6-17(20)13-18-7-5-9-21(18)23/h10-13H,4-9,14-15H2,1-3H3,(H3,25,26,27,29,30). The van der Waals surface area contributed by atoms with Gasteiger partial charge in [-0.2, -0.15) is 0 Å². The van der Waals surface area contributed by atoms with Crippen LogP contribution >= 0.6 is 0 Å². The molecule has 2 aromatic carbocycles. The Hall–Kier alpha value is -2.42. The number of anilines is 1. The molecule has 0 fully saturated rings. The van der Waals surface area contributed by atoms with Gasteiger partial charge in [-0.1, -0.05) is 18.2 Å². The number of methoxy groups -OCH3 is 1. The Morgan fingerprint density at radius 1 is 1.12 bits per heavy atom. The molecule has 0 radical (unpaired) electrons. The number of nitrogens with two attached hydrogens (primary N) is 1. The van der Waals surface area contributed by atoms with Gasteiger partial charge in [-0.3, -0.25) is 0 Å². The minimum absolute atomic E-state index is 0.0587. The summed E-state index contributed by atoms with van der Waals surface area (Å²) in [5.74, 6) is 0.536. The molecular weight excluding hydrogens is 424 g/mol.